The van der Waals surface area contributed by atoms with Crippen molar-refractivity contribution in [2.24, 2.45) is 5.14 Å². The molecule has 1 aromatic rings. The fourth-order valence-corrected chi connectivity index (χ4v) is 1.81. The molecule has 0 fully saturated rings. The Bertz CT molecular complexity index is 462. The third kappa shape index (κ3) is 3.02. The maximum Gasteiger partial charge on any atom is 0.296 e. The van der Waals surface area contributed by atoms with Crippen LogP contribution in [0.15, 0.2) is 16.6 Å². The summed E-state index contributed by atoms with van der Waals surface area (Å²) < 4.78 is 24.0. The number of halogens is 2. The largest absolute Gasteiger partial charge is 0.397 e. The zero-order chi connectivity index (χ0) is 10.9. The summed E-state index contributed by atoms with van der Waals surface area (Å²) >= 11 is 8.88. The third-order valence-electron chi connectivity index (χ3n) is 1.34. The molecule has 0 bridgehead atoms. The van der Waals surface area contributed by atoms with Crippen LogP contribution in [0, 0.1) is 0 Å². The summed E-state index contributed by atoms with van der Waals surface area (Å²) in [5, 5.41) is 5.11. The first kappa shape index (κ1) is 11.6. The van der Waals surface area contributed by atoms with Gasteiger partial charge in [0.05, 0.1) is 16.4 Å². The van der Waals surface area contributed by atoms with E-state index in [-0.39, 0.29) is 11.4 Å². The molecule has 0 saturated carbocycles. The standard InChI is InChI=1S/C6H7BrClN3O2S/c7-3-1-5(9)6(2-4(3)8)11-14(10,12)13/h1-2,11H,9H2,(H2,10,12,13). The number of nitrogens with one attached hydrogen (secondary N) is 1. The molecule has 78 valence electrons. The zero-order valence-electron chi connectivity index (χ0n) is 6.79. The van der Waals surface area contributed by atoms with E-state index in [4.69, 9.17) is 22.5 Å². The van der Waals surface area contributed by atoms with Crippen molar-refractivity contribution in [2.75, 3.05) is 10.5 Å². The van der Waals surface area contributed by atoms with Crippen LogP contribution in [0.5, 0.6) is 0 Å². The highest BCUT2D eigenvalue weighted by Crippen LogP contribution is 2.31. The highest BCUT2D eigenvalue weighted by Gasteiger charge is 2.08. The van der Waals surface area contributed by atoms with Crippen molar-refractivity contribution in [3.63, 3.8) is 0 Å². The predicted octanol–water partition coefficient (Wildman–Crippen LogP) is 1.30. The summed E-state index contributed by atoms with van der Waals surface area (Å²) in [6.45, 7) is 0. The monoisotopic (exact) mass is 299 g/mol. The Balaban J connectivity index is 3.17. The Kier molecular flexibility index (Phi) is 3.25. The van der Waals surface area contributed by atoms with Gasteiger partial charge < -0.3 is 5.73 Å². The molecule has 0 aliphatic rings. The minimum Gasteiger partial charge on any atom is -0.397 e. The van der Waals surface area contributed by atoms with E-state index < -0.39 is 10.2 Å². The summed E-state index contributed by atoms with van der Waals surface area (Å²) in [4.78, 5) is 0. The smallest absolute Gasteiger partial charge is 0.296 e. The minimum atomic E-state index is -3.83. The predicted molar refractivity (Wildman–Crippen MR) is 60.3 cm³/mol. The second kappa shape index (κ2) is 3.93. The Morgan fingerprint density at radius 1 is 1.43 bits per heavy atom. The highest BCUT2D eigenvalue weighted by atomic mass is 79.9. The molecule has 0 aliphatic carbocycles. The van der Waals surface area contributed by atoms with Gasteiger partial charge in [-0.2, -0.15) is 8.42 Å². The van der Waals surface area contributed by atoms with Gasteiger partial charge in [-0.25, -0.2) is 5.14 Å². The topological polar surface area (TPSA) is 98.2 Å². The molecule has 1 rings (SSSR count). The van der Waals surface area contributed by atoms with E-state index in [0.717, 1.165) is 0 Å². The number of hydrogen-bond acceptors (Lipinski definition) is 3. The Morgan fingerprint density at radius 2 is 2.00 bits per heavy atom. The lowest BCUT2D eigenvalue weighted by Crippen LogP contribution is -2.22. The van der Waals surface area contributed by atoms with Crippen molar-refractivity contribution in [3.8, 4) is 0 Å². The maximum atomic E-state index is 10.7. The fourth-order valence-electron chi connectivity index (χ4n) is 0.804. The number of rotatable bonds is 2. The molecule has 5 nitrogen and oxygen atoms in total. The van der Waals surface area contributed by atoms with Crippen LogP contribution in [0.1, 0.15) is 0 Å². The van der Waals surface area contributed by atoms with Gasteiger partial charge in [-0.1, -0.05) is 11.6 Å². The average Bonchev–Trinajstić information content (AvgIpc) is 1.97. The van der Waals surface area contributed by atoms with Crippen molar-refractivity contribution in [3.05, 3.63) is 21.6 Å². The molecule has 1 aromatic carbocycles. The SMILES string of the molecule is Nc1cc(Br)c(Cl)cc1NS(N)(=O)=O. The zero-order valence-corrected chi connectivity index (χ0v) is 9.95. The lowest BCUT2D eigenvalue weighted by atomic mass is 10.3. The first-order chi connectivity index (χ1) is 6.29. The Labute approximate surface area is 94.7 Å². The molecular formula is C6H7BrClN3O2S. The van der Waals surface area contributed by atoms with Crippen LogP contribution in [-0.2, 0) is 10.2 Å². The molecule has 0 aliphatic heterocycles. The quantitative estimate of drug-likeness (QED) is 0.718. The van der Waals surface area contributed by atoms with Gasteiger partial charge in [-0.3, -0.25) is 4.72 Å². The van der Waals surface area contributed by atoms with Gasteiger partial charge in [0.15, 0.2) is 0 Å². The summed E-state index contributed by atoms with van der Waals surface area (Å²) in [6.07, 6.45) is 0. The van der Waals surface area contributed by atoms with Crippen molar-refractivity contribution >= 4 is 49.1 Å². The molecule has 0 heterocycles. The van der Waals surface area contributed by atoms with Gasteiger partial charge >= 0.3 is 0 Å². The number of nitrogens with two attached hydrogens (primary N) is 2. The van der Waals surface area contributed by atoms with E-state index in [1.165, 1.54) is 12.1 Å². The molecule has 0 saturated heterocycles. The van der Waals surface area contributed by atoms with Gasteiger partial charge in [0.1, 0.15) is 0 Å². The summed E-state index contributed by atoms with van der Waals surface area (Å²) in [5.41, 5.74) is 5.91. The molecule has 0 amide bonds. The maximum absolute atomic E-state index is 10.7. The van der Waals surface area contributed by atoms with E-state index in [9.17, 15) is 8.42 Å². The molecule has 0 atom stereocenters. The van der Waals surface area contributed by atoms with Crippen molar-refractivity contribution in [2.45, 2.75) is 0 Å². The fraction of sp³-hybridized carbons (Fsp3) is 0. The molecule has 14 heavy (non-hydrogen) atoms. The van der Waals surface area contributed by atoms with Crippen LogP contribution in [0.4, 0.5) is 11.4 Å². The molecule has 0 aromatic heterocycles. The highest BCUT2D eigenvalue weighted by molar-refractivity contribution is 9.10. The number of anilines is 2. The first-order valence-corrected chi connectivity index (χ1v) is 6.06. The molecule has 0 unspecified atom stereocenters. The van der Waals surface area contributed by atoms with E-state index >= 15 is 0 Å². The number of benzene rings is 1. The Morgan fingerprint density at radius 3 is 2.50 bits per heavy atom. The van der Waals surface area contributed by atoms with Gasteiger partial charge in [0.2, 0.25) is 0 Å². The number of nitrogen functional groups attached to an aromatic ring is 1. The second-order valence-corrected chi connectivity index (χ2v) is 5.06. The molecule has 8 heteroatoms. The van der Waals surface area contributed by atoms with Crippen LogP contribution in [0.2, 0.25) is 5.02 Å². The van der Waals surface area contributed by atoms with E-state index in [0.29, 0.717) is 9.50 Å². The lowest BCUT2D eigenvalue weighted by Gasteiger charge is -2.08. The third-order valence-corrected chi connectivity index (χ3v) is 3.05. The minimum absolute atomic E-state index is 0.153. The van der Waals surface area contributed by atoms with Crippen LogP contribution in [-0.4, -0.2) is 8.42 Å². The van der Waals surface area contributed by atoms with E-state index in [1.807, 2.05) is 4.72 Å². The van der Waals surface area contributed by atoms with Gasteiger partial charge in [0, 0.05) is 4.47 Å². The van der Waals surface area contributed by atoms with Crippen LogP contribution < -0.4 is 15.6 Å². The molecular weight excluding hydrogens is 294 g/mol. The number of hydrogen-bond donors (Lipinski definition) is 3. The van der Waals surface area contributed by atoms with Crippen LogP contribution in [0.25, 0.3) is 0 Å². The molecule has 0 spiro atoms. The normalized spacial score (nSPS) is 11.4. The van der Waals surface area contributed by atoms with E-state index in [2.05, 4.69) is 15.9 Å². The molecule has 5 N–H and O–H groups in total. The van der Waals surface area contributed by atoms with Crippen molar-refractivity contribution < 1.29 is 8.42 Å². The second-order valence-electron chi connectivity index (χ2n) is 2.50. The lowest BCUT2D eigenvalue weighted by molar-refractivity contribution is 0.603. The summed E-state index contributed by atoms with van der Waals surface area (Å²) in [6, 6.07) is 2.85. The summed E-state index contributed by atoms with van der Waals surface area (Å²) in [7, 11) is -3.83. The molecule has 0 radical (unpaired) electrons. The van der Waals surface area contributed by atoms with Crippen LogP contribution >= 0.6 is 27.5 Å². The first-order valence-electron chi connectivity index (χ1n) is 3.34. The van der Waals surface area contributed by atoms with Gasteiger partial charge in [-0.15, -0.1) is 0 Å². The van der Waals surface area contributed by atoms with Crippen molar-refractivity contribution in [1.82, 2.24) is 0 Å². The van der Waals surface area contributed by atoms with Crippen LogP contribution in [0.3, 0.4) is 0 Å². The van der Waals surface area contributed by atoms with E-state index in [1.54, 1.807) is 0 Å². The average molecular weight is 301 g/mol. The Hall–Kier alpha value is -0.500. The van der Waals surface area contributed by atoms with Gasteiger partial charge in [0.25, 0.3) is 10.2 Å². The van der Waals surface area contributed by atoms with Crippen molar-refractivity contribution in [1.29, 1.82) is 0 Å². The van der Waals surface area contributed by atoms with Gasteiger partial charge in [-0.05, 0) is 28.1 Å². The summed E-state index contributed by atoms with van der Waals surface area (Å²) in [5.74, 6) is 0.